The average Bonchev–Trinajstić information content (AvgIpc) is 2.42. The van der Waals surface area contributed by atoms with Gasteiger partial charge in [-0.15, -0.1) is 0 Å². The van der Waals surface area contributed by atoms with Crippen molar-refractivity contribution in [1.82, 2.24) is 0 Å². The Bertz CT molecular complexity index is 674. The van der Waals surface area contributed by atoms with Gasteiger partial charge in [0.25, 0.3) is 5.91 Å². The molecule has 2 rings (SSSR count). The normalized spacial score (nSPS) is 12.0. The molecule has 0 radical (unpaired) electrons. The molecule has 0 aliphatic rings. The van der Waals surface area contributed by atoms with Crippen LogP contribution in [0.2, 0.25) is 0 Å². The Morgan fingerprint density at radius 3 is 2.38 bits per heavy atom. The second kappa shape index (κ2) is 6.38. The Hall–Kier alpha value is -1.70. The standard InChI is InChI=1S/C15H13F2IN2O/c1-8(9-2-4-10(18)5-3-9)20-14-6-11(15(19)21)12(16)7-13(14)17/h2-8,20H,1H3,(H2,19,21). The van der Waals surface area contributed by atoms with E-state index in [9.17, 15) is 13.6 Å². The van der Waals surface area contributed by atoms with Gasteiger partial charge in [-0.1, -0.05) is 12.1 Å². The first-order valence-electron chi connectivity index (χ1n) is 6.19. The van der Waals surface area contributed by atoms with Crippen LogP contribution >= 0.6 is 22.6 Å². The third-order valence-corrected chi connectivity index (χ3v) is 3.78. The maximum atomic E-state index is 13.8. The first kappa shape index (κ1) is 15.7. The van der Waals surface area contributed by atoms with Crippen molar-refractivity contribution in [1.29, 1.82) is 0 Å². The van der Waals surface area contributed by atoms with Crippen LogP contribution in [-0.2, 0) is 0 Å². The van der Waals surface area contributed by atoms with Crippen LogP contribution < -0.4 is 11.1 Å². The molecule has 3 nitrogen and oxygen atoms in total. The molecule has 2 aromatic rings. The van der Waals surface area contributed by atoms with Crippen molar-refractivity contribution in [3.05, 3.63) is 62.7 Å². The lowest BCUT2D eigenvalue weighted by atomic mass is 10.1. The Balaban J connectivity index is 2.28. The molecule has 0 aliphatic carbocycles. The van der Waals surface area contributed by atoms with Gasteiger partial charge in [-0.2, -0.15) is 0 Å². The number of carbonyl (C=O) groups is 1. The van der Waals surface area contributed by atoms with Crippen molar-refractivity contribution in [3.63, 3.8) is 0 Å². The van der Waals surface area contributed by atoms with Gasteiger partial charge in [-0.25, -0.2) is 8.78 Å². The topological polar surface area (TPSA) is 55.1 Å². The highest BCUT2D eigenvalue weighted by atomic mass is 127. The van der Waals surface area contributed by atoms with Crippen LogP contribution in [0.4, 0.5) is 14.5 Å². The molecule has 0 spiro atoms. The molecule has 0 aromatic heterocycles. The number of hydrogen-bond acceptors (Lipinski definition) is 2. The van der Waals surface area contributed by atoms with E-state index in [0.29, 0.717) is 6.07 Å². The van der Waals surface area contributed by atoms with Crippen LogP contribution in [0.3, 0.4) is 0 Å². The summed E-state index contributed by atoms with van der Waals surface area (Å²) >= 11 is 2.19. The minimum atomic E-state index is -0.965. The third-order valence-electron chi connectivity index (χ3n) is 3.06. The number of hydrogen-bond donors (Lipinski definition) is 2. The van der Waals surface area contributed by atoms with Crippen molar-refractivity contribution >= 4 is 34.2 Å². The quantitative estimate of drug-likeness (QED) is 0.764. The number of anilines is 1. The maximum absolute atomic E-state index is 13.8. The molecule has 21 heavy (non-hydrogen) atoms. The van der Waals surface area contributed by atoms with Crippen LogP contribution in [0.5, 0.6) is 0 Å². The summed E-state index contributed by atoms with van der Waals surface area (Å²) in [4.78, 5) is 11.1. The molecule has 0 heterocycles. The number of nitrogens with two attached hydrogens (primary N) is 1. The second-order valence-corrected chi connectivity index (χ2v) is 5.84. The zero-order chi connectivity index (χ0) is 15.6. The Morgan fingerprint density at radius 2 is 1.81 bits per heavy atom. The Morgan fingerprint density at radius 1 is 1.19 bits per heavy atom. The molecular formula is C15H13F2IN2O. The van der Waals surface area contributed by atoms with Gasteiger partial charge >= 0.3 is 0 Å². The molecule has 3 N–H and O–H groups in total. The van der Waals surface area contributed by atoms with Gasteiger partial charge in [0.2, 0.25) is 0 Å². The van der Waals surface area contributed by atoms with E-state index in [-0.39, 0.29) is 17.3 Å². The summed E-state index contributed by atoms with van der Waals surface area (Å²) in [5.41, 5.74) is 5.71. The highest BCUT2D eigenvalue weighted by Gasteiger charge is 2.15. The van der Waals surface area contributed by atoms with Gasteiger partial charge in [-0.3, -0.25) is 4.79 Å². The van der Waals surface area contributed by atoms with Gasteiger partial charge in [0.15, 0.2) is 0 Å². The number of nitrogens with one attached hydrogen (secondary N) is 1. The summed E-state index contributed by atoms with van der Waals surface area (Å²) < 4.78 is 28.3. The monoisotopic (exact) mass is 402 g/mol. The van der Waals surface area contributed by atoms with Gasteiger partial charge in [0.1, 0.15) is 11.6 Å². The molecule has 2 aromatic carbocycles. The number of amides is 1. The fourth-order valence-corrected chi connectivity index (χ4v) is 2.28. The maximum Gasteiger partial charge on any atom is 0.251 e. The van der Waals surface area contributed by atoms with E-state index >= 15 is 0 Å². The van der Waals surface area contributed by atoms with Gasteiger partial charge in [0.05, 0.1) is 11.3 Å². The van der Waals surface area contributed by atoms with E-state index in [1.807, 2.05) is 31.2 Å². The largest absolute Gasteiger partial charge is 0.376 e. The molecule has 0 saturated carbocycles. The minimum Gasteiger partial charge on any atom is -0.376 e. The van der Waals surface area contributed by atoms with Gasteiger partial charge in [-0.05, 0) is 53.3 Å². The van der Waals surface area contributed by atoms with E-state index in [1.165, 1.54) is 0 Å². The van der Waals surface area contributed by atoms with Crippen LogP contribution in [0, 0.1) is 15.2 Å². The molecule has 1 atom stereocenters. The van der Waals surface area contributed by atoms with Crippen molar-refractivity contribution in [2.24, 2.45) is 5.73 Å². The van der Waals surface area contributed by atoms with Crippen molar-refractivity contribution < 1.29 is 13.6 Å². The number of benzene rings is 2. The smallest absolute Gasteiger partial charge is 0.251 e. The van der Waals surface area contributed by atoms with E-state index in [2.05, 4.69) is 27.9 Å². The molecule has 6 heteroatoms. The molecule has 1 unspecified atom stereocenters. The number of primary amides is 1. The molecule has 0 saturated heterocycles. The minimum absolute atomic E-state index is 0.0382. The summed E-state index contributed by atoms with van der Waals surface area (Å²) in [7, 11) is 0. The predicted molar refractivity (Wildman–Crippen MR) is 86.1 cm³/mol. The van der Waals surface area contributed by atoms with Gasteiger partial charge in [0, 0.05) is 15.7 Å². The summed E-state index contributed by atoms with van der Waals surface area (Å²) in [6.45, 7) is 1.84. The fraction of sp³-hybridized carbons (Fsp3) is 0.133. The highest BCUT2D eigenvalue weighted by molar-refractivity contribution is 14.1. The van der Waals surface area contributed by atoms with E-state index in [4.69, 9.17) is 5.73 Å². The number of rotatable bonds is 4. The Labute approximate surface area is 134 Å². The fourth-order valence-electron chi connectivity index (χ4n) is 1.92. The molecule has 1 amide bonds. The Kier molecular flexibility index (Phi) is 4.76. The van der Waals surface area contributed by atoms with Gasteiger partial charge < -0.3 is 11.1 Å². The summed E-state index contributed by atoms with van der Waals surface area (Å²) in [5, 5.41) is 2.92. The highest BCUT2D eigenvalue weighted by Crippen LogP contribution is 2.24. The van der Waals surface area contributed by atoms with Crippen LogP contribution in [0.25, 0.3) is 0 Å². The van der Waals surface area contributed by atoms with Crippen molar-refractivity contribution in [3.8, 4) is 0 Å². The molecule has 0 bridgehead atoms. The van der Waals surface area contributed by atoms with Crippen LogP contribution in [-0.4, -0.2) is 5.91 Å². The molecule has 0 aliphatic heterocycles. The summed E-state index contributed by atoms with van der Waals surface area (Å²) in [5.74, 6) is -2.67. The van der Waals surface area contributed by atoms with E-state index < -0.39 is 17.5 Å². The zero-order valence-corrected chi connectivity index (χ0v) is 13.3. The van der Waals surface area contributed by atoms with Crippen LogP contribution in [0.15, 0.2) is 36.4 Å². The lowest BCUT2D eigenvalue weighted by molar-refractivity contribution is 0.0996. The first-order chi connectivity index (χ1) is 9.88. The van der Waals surface area contributed by atoms with Crippen molar-refractivity contribution in [2.75, 3.05) is 5.32 Å². The summed E-state index contributed by atoms with van der Waals surface area (Å²) in [6.07, 6.45) is 0. The first-order valence-corrected chi connectivity index (χ1v) is 7.27. The lowest BCUT2D eigenvalue weighted by Gasteiger charge is -2.17. The SMILES string of the molecule is CC(Nc1cc(C(N)=O)c(F)cc1F)c1ccc(I)cc1. The number of halogens is 3. The van der Waals surface area contributed by atoms with Crippen molar-refractivity contribution in [2.45, 2.75) is 13.0 Å². The summed E-state index contributed by atoms with van der Waals surface area (Å²) in [6, 6.07) is 9.24. The second-order valence-electron chi connectivity index (χ2n) is 4.59. The number of carbonyl (C=O) groups excluding carboxylic acids is 1. The zero-order valence-electron chi connectivity index (χ0n) is 11.2. The molecule has 0 fully saturated rings. The average molecular weight is 402 g/mol. The lowest BCUT2D eigenvalue weighted by Crippen LogP contribution is -2.15. The van der Waals surface area contributed by atoms with Crippen LogP contribution in [0.1, 0.15) is 28.9 Å². The molecule has 110 valence electrons. The predicted octanol–water partition coefficient (Wildman–Crippen LogP) is 3.84. The van der Waals surface area contributed by atoms with E-state index in [0.717, 1.165) is 15.2 Å². The molecular weight excluding hydrogens is 389 g/mol. The third kappa shape index (κ3) is 3.69. The van der Waals surface area contributed by atoms with E-state index in [1.54, 1.807) is 0 Å².